The van der Waals surface area contributed by atoms with Crippen molar-refractivity contribution in [3.05, 3.63) is 29.8 Å². The molecule has 1 atom stereocenters. The molecule has 1 unspecified atom stereocenters. The second-order valence-electron chi connectivity index (χ2n) is 5.23. The fraction of sp³-hybridized carbons (Fsp3) is 0.571. The Bertz CT molecular complexity index is 436. The summed E-state index contributed by atoms with van der Waals surface area (Å²) in [6.07, 6.45) is 3.42. The molecule has 4 heteroatoms. The van der Waals surface area contributed by atoms with Crippen LogP contribution < -0.4 is 4.90 Å². The number of rotatable bonds is 1. The molecule has 0 aliphatic carbocycles. The molecule has 0 spiro atoms. The van der Waals surface area contributed by atoms with Gasteiger partial charge in [-0.3, -0.25) is 4.90 Å². The number of anilines is 1. The Hall–Kier alpha value is -1.16. The molecule has 2 heterocycles. The first-order valence-corrected chi connectivity index (χ1v) is 6.68. The highest BCUT2D eigenvalue weighted by molar-refractivity contribution is 5.48. The number of halogens is 2. The van der Waals surface area contributed by atoms with Gasteiger partial charge in [0.25, 0.3) is 0 Å². The van der Waals surface area contributed by atoms with Crippen LogP contribution in [0.4, 0.5) is 14.5 Å². The van der Waals surface area contributed by atoms with Crippen LogP contribution in [0.3, 0.4) is 0 Å². The zero-order valence-corrected chi connectivity index (χ0v) is 10.4. The smallest absolute Gasteiger partial charge is 0.146 e. The number of hydrogen-bond acceptors (Lipinski definition) is 2. The fourth-order valence-electron chi connectivity index (χ4n) is 3.15. The van der Waals surface area contributed by atoms with Gasteiger partial charge in [0.15, 0.2) is 0 Å². The first-order valence-electron chi connectivity index (χ1n) is 6.68. The lowest BCUT2D eigenvalue weighted by molar-refractivity contribution is 0.273. The quantitative estimate of drug-likeness (QED) is 0.758. The SMILES string of the molecule is Fc1ccc(F)c(N2CCCN3CCCC3C2)c1. The van der Waals surface area contributed by atoms with Gasteiger partial charge in [0, 0.05) is 31.7 Å². The van der Waals surface area contributed by atoms with Crippen molar-refractivity contribution in [3.8, 4) is 0 Å². The van der Waals surface area contributed by atoms with E-state index in [-0.39, 0.29) is 11.6 Å². The number of nitrogens with zero attached hydrogens (tertiary/aromatic N) is 2. The Morgan fingerprint density at radius 2 is 1.89 bits per heavy atom. The van der Waals surface area contributed by atoms with E-state index in [9.17, 15) is 8.78 Å². The van der Waals surface area contributed by atoms with Crippen LogP contribution in [0.25, 0.3) is 0 Å². The summed E-state index contributed by atoms with van der Waals surface area (Å²) in [6, 6.07) is 4.23. The highest BCUT2D eigenvalue weighted by atomic mass is 19.1. The Morgan fingerprint density at radius 1 is 1.06 bits per heavy atom. The molecular weight excluding hydrogens is 234 g/mol. The van der Waals surface area contributed by atoms with Crippen molar-refractivity contribution in [3.63, 3.8) is 0 Å². The second kappa shape index (κ2) is 4.84. The van der Waals surface area contributed by atoms with E-state index < -0.39 is 0 Å². The molecule has 2 saturated heterocycles. The van der Waals surface area contributed by atoms with Gasteiger partial charge in [0.2, 0.25) is 0 Å². The van der Waals surface area contributed by atoms with Crippen LogP contribution in [0.5, 0.6) is 0 Å². The molecular formula is C14H18F2N2. The maximum absolute atomic E-state index is 13.8. The lowest BCUT2D eigenvalue weighted by Gasteiger charge is -2.27. The van der Waals surface area contributed by atoms with Crippen LogP contribution in [-0.4, -0.2) is 37.1 Å². The monoisotopic (exact) mass is 252 g/mol. The van der Waals surface area contributed by atoms with Gasteiger partial charge in [-0.25, -0.2) is 8.78 Å². The van der Waals surface area contributed by atoms with Gasteiger partial charge in [0.1, 0.15) is 11.6 Å². The molecule has 0 bridgehead atoms. The summed E-state index contributed by atoms with van der Waals surface area (Å²) in [5, 5.41) is 0. The first kappa shape index (κ1) is 11.9. The van der Waals surface area contributed by atoms with Crippen molar-refractivity contribution in [1.82, 2.24) is 4.90 Å². The van der Waals surface area contributed by atoms with Gasteiger partial charge in [-0.05, 0) is 37.9 Å². The zero-order valence-electron chi connectivity index (χ0n) is 10.4. The normalized spacial score (nSPS) is 25.0. The number of fused-ring (bicyclic) bond motifs is 1. The van der Waals surface area contributed by atoms with E-state index in [1.165, 1.54) is 31.0 Å². The largest absolute Gasteiger partial charge is 0.367 e. The van der Waals surface area contributed by atoms with Crippen LogP contribution in [0.15, 0.2) is 18.2 Å². The second-order valence-corrected chi connectivity index (χ2v) is 5.23. The minimum atomic E-state index is -0.362. The summed E-state index contributed by atoms with van der Waals surface area (Å²) < 4.78 is 27.1. The van der Waals surface area contributed by atoms with Crippen molar-refractivity contribution in [2.24, 2.45) is 0 Å². The molecule has 3 rings (SSSR count). The van der Waals surface area contributed by atoms with Crippen molar-refractivity contribution in [2.75, 3.05) is 31.1 Å². The summed E-state index contributed by atoms with van der Waals surface area (Å²) >= 11 is 0. The molecule has 0 aromatic heterocycles. The van der Waals surface area contributed by atoms with Crippen LogP contribution in [0.1, 0.15) is 19.3 Å². The van der Waals surface area contributed by atoms with E-state index in [0.29, 0.717) is 11.7 Å². The van der Waals surface area contributed by atoms with Crippen LogP contribution in [0.2, 0.25) is 0 Å². The Kier molecular flexibility index (Phi) is 3.20. The van der Waals surface area contributed by atoms with Crippen molar-refractivity contribution >= 4 is 5.69 Å². The lowest BCUT2D eigenvalue weighted by atomic mass is 10.2. The molecule has 0 N–H and O–H groups in total. The van der Waals surface area contributed by atoms with E-state index >= 15 is 0 Å². The van der Waals surface area contributed by atoms with E-state index in [1.807, 2.05) is 4.90 Å². The van der Waals surface area contributed by atoms with Gasteiger partial charge in [-0.2, -0.15) is 0 Å². The summed E-state index contributed by atoms with van der Waals surface area (Å²) in [6.45, 7) is 3.87. The predicted molar refractivity (Wildman–Crippen MR) is 67.8 cm³/mol. The maximum atomic E-state index is 13.8. The topological polar surface area (TPSA) is 6.48 Å². The van der Waals surface area contributed by atoms with E-state index in [2.05, 4.69) is 4.90 Å². The minimum absolute atomic E-state index is 0.317. The molecule has 1 aromatic carbocycles. The maximum Gasteiger partial charge on any atom is 0.146 e. The van der Waals surface area contributed by atoms with Crippen LogP contribution in [0, 0.1) is 11.6 Å². The van der Waals surface area contributed by atoms with Crippen molar-refractivity contribution in [1.29, 1.82) is 0 Å². The third-order valence-electron chi connectivity index (χ3n) is 4.05. The highest BCUT2D eigenvalue weighted by Crippen LogP contribution is 2.27. The number of benzene rings is 1. The lowest BCUT2D eigenvalue weighted by Crippen LogP contribution is -2.37. The molecule has 0 amide bonds. The van der Waals surface area contributed by atoms with E-state index in [0.717, 1.165) is 32.6 Å². The molecule has 18 heavy (non-hydrogen) atoms. The molecule has 2 aliphatic heterocycles. The van der Waals surface area contributed by atoms with Crippen LogP contribution in [-0.2, 0) is 0 Å². The van der Waals surface area contributed by atoms with Crippen LogP contribution >= 0.6 is 0 Å². The molecule has 2 nitrogen and oxygen atoms in total. The summed E-state index contributed by atoms with van der Waals surface area (Å²) in [7, 11) is 0. The standard InChI is InChI=1S/C14H18F2N2/c15-11-4-5-13(16)14(9-11)18-8-2-7-17-6-1-3-12(17)10-18/h4-5,9,12H,1-3,6-8,10H2. The Morgan fingerprint density at radius 3 is 2.78 bits per heavy atom. The molecule has 0 saturated carbocycles. The molecule has 2 aliphatic rings. The highest BCUT2D eigenvalue weighted by Gasteiger charge is 2.29. The van der Waals surface area contributed by atoms with E-state index in [1.54, 1.807) is 0 Å². The Labute approximate surface area is 106 Å². The van der Waals surface area contributed by atoms with Gasteiger partial charge in [-0.1, -0.05) is 0 Å². The third-order valence-corrected chi connectivity index (χ3v) is 4.05. The fourth-order valence-corrected chi connectivity index (χ4v) is 3.15. The molecule has 1 aromatic rings. The number of hydrogen-bond donors (Lipinski definition) is 0. The van der Waals surface area contributed by atoms with Crippen molar-refractivity contribution in [2.45, 2.75) is 25.3 Å². The van der Waals surface area contributed by atoms with Gasteiger partial charge >= 0.3 is 0 Å². The molecule has 0 radical (unpaired) electrons. The van der Waals surface area contributed by atoms with Gasteiger partial charge in [-0.15, -0.1) is 0 Å². The molecule has 2 fully saturated rings. The Balaban J connectivity index is 1.84. The summed E-state index contributed by atoms with van der Waals surface area (Å²) in [5.74, 6) is -0.679. The van der Waals surface area contributed by atoms with E-state index in [4.69, 9.17) is 0 Å². The minimum Gasteiger partial charge on any atom is -0.367 e. The van der Waals surface area contributed by atoms with Crippen molar-refractivity contribution < 1.29 is 8.78 Å². The zero-order chi connectivity index (χ0) is 12.5. The molecule has 98 valence electrons. The average molecular weight is 252 g/mol. The summed E-state index contributed by atoms with van der Waals surface area (Å²) in [5.41, 5.74) is 0.420. The predicted octanol–water partition coefficient (Wildman–Crippen LogP) is 2.64. The van der Waals surface area contributed by atoms with Gasteiger partial charge in [0.05, 0.1) is 5.69 Å². The summed E-state index contributed by atoms with van der Waals surface area (Å²) in [4.78, 5) is 4.49. The van der Waals surface area contributed by atoms with Gasteiger partial charge < -0.3 is 4.90 Å². The third kappa shape index (κ3) is 2.21. The first-order chi connectivity index (χ1) is 8.74. The average Bonchev–Trinajstić information content (AvgIpc) is 2.70.